The number of halogens is 1. The number of anilines is 2. The fourth-order valence-corrected chi connectivity index (χ4v) is 2.42. The number of benzene rings is 2. The molecule has 26 heavy (non-hydrogen) atoms. The molecular weight excluding hydrogens is 356 g/mol. The van der Waals surface area contributed by atoms with E-state index in [1.165, 1.54) is 6.92 Å². The zero-order valence-electron chi connectivity index (χ0n) is 14.6. The van der Waals surface area contributed by atoms with Crippen LogP contribution in [0.2, 0.25) is 5.02 Å². The van der Waals surface area contributed by atoms with Gasteiger partial charge in [0.15, 0.2) is 6.10 Å². The van der Waals surface area contributed by atoms with Gasteiger partial charge in [0.25, 0.3) is 5.91 Å². The van der Waals surface area contributed by atoms with E-state index in [9.17, 15) is 9.59 Å². The van der Waals surface area contributed by atoms with Crippen LogP contribution in [0.1, 0.15) is 22.8 Å². The van der Waals surface area contributed by atoms with Crippen LogP contribution in [0.3, 0.4) is 0 Å². The summed E-state index contributed by atoms with van der Waals surface area (Å²) in [5.74, 6) is -1.08. The first-order valence-electron chi connectivity index (χ1n) is 8.14. The first kappa shape index (κ1) is 19.8. The molecule has 0 aliphatic carbocycles. The average Bonchev–Trinajstić information content (AvgIpc) is 2.63. The van der Waals surface area contributed by atoms with Gasteiger partial charge in [0.05, 0.1) is 12.2 Å². The molecule has 1 unspecified atom stereocenters. The van der Waals surface area contributed by atoms with Crippen molar-refractivity contribution in [3.8, 4) is 0 Å². The highest BCUT2D eigenvalue weighted by Gasteiger charge is 2.21. The molecule has 0 aliphatic heterocycles. The Morgan fingerprint density at radius 3 is 2.65 bits per heavy atom. The number of ether oxygens (including phenoxy) is 1. The summed E-state index contributed by atoms with van der Waals surface area (Å²) in [5, 5.41) is 15.1. The molecule has 138 valence electrons. The lowest BCUT2D eigenvalue weighted by Crippen LogP contribution is -2.30. The number of aryl methyl sites for hydroxylation is 1. The maximum Gasteiger partial charge on any atom is 0.341 e. The van der Waals surface area contributed by atoms with Crippen molar-refractivity contribution in [2.75, 3.05) is 23.8 Å². The summed E-state index contributed by atoms with van der Waals surface area (Å²) < 4.78 is 5.27. The molecule has 3 N–H and O–H groups in total. The topological polar surface area (TPSA) is 87.7 Å². The summed E-state index contributed by atoms with van der Waals surface area (Å²) in [6.45, 7) is 3.57. The molecule has 0 fully saturated rings. The summed E-state index contributed by atoms with van der Waals surface area (Å²) in [4.78, 5) is 24.7. The number of aliphatic hydroxyl groups is 1. The summed E-state index contributed by atoms with van der Waals surface area (Å²) in [6, 6.07) is 11.9. The molecule has 0 heterocycles. The standard InChI is InChI=1S/C19H21ClN2O4/c1-12-7-8-14(20)11-17(12)22-18(24)13(2)26-19(25)15-5-3-4-6-16(15)21-9-10-23/h3-8,11,13,21,23H,9-10H2,1-2H3,(H,22,24). The van der Waals surface area contributed by atoms with Crippen molar-refractivity contribution < 1.29 is 19.4 Å². The van der Waals surface area contributed by atoms with Gasteiger partial charge < -0.3 is 20.5 Å². The number of para-hydroxylation sites is 1. The minimum atomic E-state index is -0.994. The third-order valence-corrected chi connectivity index (χ3v) is 3.92. The lowest BCUT2D eigenvalue weighted by atomic mass is 10.1. The zero-order chi connectivity index (χ0) is 19.1. The molecule has 2 aromatic carbocycles. The van der Waals surface area contributed by atoms with Crippen LogP contribution >= 0.6 is 11.6 Å². The van der Waals surface area contributed by atoms with Gasteiger partial charge in [0, 0.05) is 22.9 Å². The monoisotopic (exact) mass is 376 g/mol. The molecule has 0 radical (unpaired) electrons. The third-order valence-electron chi connectivity index (χ3n) is 3.68. The Balaban J connectivity index is 2.04. The quantitative estimate of drug-likeness (QED) is 0.646. The van der Waals surface area contributed by atoms with E-state index in [1.54, 1.807) is 42.5 Å². The molecule has 0 aromatic heterocycles. The summed E-state index contributed by atoms with van der Waals surface area (Å²) in [6.07, 6.45) is -0.994. The summed E-state index contributed by atoms with van der Waals surface area (Å²) >= 11 is 5.94. The Bertz CT molecular complexity index is 795. The van der Waals surface area contributed by atoms with Gasteiger partial charge in [-0.1, -0.05) is 29.8 Å². The van der Waals surface area contributed by atoms with E-state index in [2.05, 4.69) is 10.6 Å². The van der Waals surface area contributed by atoms with Crippen molar-refractivity contribution in [3.63, 3.8) is 0 Å². The first-order chi connectivity index (χ1) is 12.4. The van der Waals surface area contributed by atoms with Gasteiger partial charge in [0.1, 0.15) is 0 Å². The molecule has 0 saturated carbocycles. The Labute approximate surface area is 157 Å². The molecule has 0 saturated heterocycles. The first-order valence-corrected chi connectivity index (χ1v) is 8.52. The predicted molar refractivity (Wildman–Crippen MR) is 102 cm³/mol. The minimum absolute atomic E-state index is 0.0683. The van der Waals surface area contributed by atoms with E-state index < -0.39 is 18.0 Å². The van der Waals surface area contributed by atoms with Crippen molar-refractivity contribution in [2.24, 2.45) is 0 Å². The number of hydrogen-bond acceptors (Lipinski definition) is 5. The second-order valence-corrected chi connectivity index (χ2v) is 6.13. The fourth-order valence-electron chi connectivity index (χ4n) is 2.25. The summed E-state index contributed by atoms with van der Waals surface area (Å²) in [5.41, 5.74) is 2.24. The van der Waals surface area contributed by atoms with Gasteiger partial charge in [0.2, 0.25) is 0 Å². The van der Waals surface area contributed by atoms with Crippen LogP contribution in [0.25, 0.3) is 0 Å². The largest absolute Gasteiger partial charge is 0.449 e. The molecule has 1 amide bonds. The molecule has 2 aromatic rings. The van der Waals surface area contributed by atoms with E-state index in [0.717, 1.165) is 5.56 Å². The second kappa shape index (κ2) is 9.22. The number of nitrogens with one attached hydrogen (secondary N) is 2. The van der Waals surface area contributed by atoms with Gasteiger partial charge >= 0.3 is 5.97 Å². The molecule has 2 rings (SSSR count). The van der Waals surface area contributed by atoms with Crippen LogP contribution in [0, 0.1) is 6.92 Å². The highest BCUT2D eigenvalue weighted by Crippen LogP contribution is 2.21. The molecule has 0 spiro atoms. The molecule has 0 aliphatic rings. The van der Waals surface area contributed by atoms with Crippen LogP contribution in [-0.4, -0.2) is 36.2 Å². The lowest BCUT2D eigenvalue weighted by molar-refractivity contribution is -0.123. The highest BCUT2D eigenvalue weighted by molar-refractivity contribution is 6.31. The van der Waals surface area contributed by atoms with Gasteiger partial charge in [-0.2, -0.15) is 0 Å². The number of aliphatic hydroxyl groups excluding tert-OH is 1. The maximum atomic E-state index is 12.4. The fraction of sp³-hybridized carbons (Fsp3) is 0.263. The summed E-state index contributed by atoms with van der Waals surface area (Å²) in [7, 11) is 0. The van der Waals surface area contributed by atoms with E-state index >= 15 is 0 Å². The number of hydrogen-bond donors (Lipinski definition) is 3. The van der Waals surface area contributed by atoms with Crippen LogP contribution in [0.5, 0.6) is 0 Å². The van der Waals surface area contributed by atoms with Crippen LogP contribution < -0.4 is 10.6 Å². The van der Waals surface area contributed by atoms with Crippen molar-refractivity contribution in [1.82, 2.24) is 0 Å². The third kappa shape index (κ3) is 5.21. The molecule has 1 atom stereocenters. The molecule has 0 bridgehead atoms. The molecule has 6 nitrogen and oxygen atoms in total. The van der Waals surface area contributed by atoms with E-state index in [-0.39, 0.29) is 6.61 Å². The van der Waals surface area contributed by atoms with E-state index in [4.69, 9.17) is 21.4 Å². The zero-order valence-corrected chi connectivity index (χ0v) is 15.3. The van der Waals surface area contributed by atoms with Crippen LogP contribution in [0.4, 0.5) is 11.4 Å². The Hall–Kier alpha value is -2.57. The Morgan fingerprint density at radius 1 is 1.19 bits per heavy atom. The van der Waals surface area contributed by atoms with E-state index in [0.29, 0.717) is 28.5 Å². The molecule has 7 heteroatoms. The van der Waals surface area contributed by atoms with Gasteiger partial charge in [-0.05, 0) is 43.7 Å². The predicted octanol–water partition coefficient (Wildman–Crippen LogP) is 3.24. The van der Waals surface area contributed by atoms with Crippen LogP contribution in [0.15, 0.2) is 42.5 Å². The number of rotatable bonds is 7. The highest BCUT2D eigenvalue weighted by atomic mass is 35.5. The van der Waals surface area contributed by atoms with Gasteiger partial charge in [-0.3, -0.25) is 4.79 Å². The second-order valence-electron chi connectivity index (χ2n) is 5.69. The lowest BCUT2D eigenvalue weighted by Gasteiger charge is -2.16. The number of carbonyl (C=O) groups is 2. The Morgan fingerprint density at radius 2 is 1.92 bits per heavy atom. The normalized spacial score (nSPS) is 11.5. The number of esters is 1. The van der Waals surface area contributed by atoms with Gasteiger partial charge in [-0.25, -0.2) is 4.79 Å². The SMILES string of the molecule is Cc1ccc(Cl)cc1NC(=O)C(C)OC(=O)c1ccccc1NCCO. The smallest absolute Gasteiger partial charge is 0.341 e. The van der Waals surface area contributed by atoms with Gasteiger partial charge in [-0.15, -0.1) is 0 Å². The maximum absolute atomic E-state index is 12.4. The number of amides is 1. The Kier molecular flexibility index (Phi) is 7.00. The van der Waals surface area contributed by atoms with Crippen molar-refractivity contribution in [2.45, 2.75) is 20.0 Å². The van der Waals surface area contributed by atoms with Crippen LogP contribution in [-0.2, 0) is 9.53 Å². The molecular formula is C19H21ClN2O4. The number of carbonyl (C=O) groups excluding carboxylic acids is 2. The minimum Gasteiger partial charge on any atom is -0.449 e. The van der Waals surface area contributed by atoms with E-state index in [1.807, 2.05) is 6.92 Å². The van der Waals surface area contributed by atoms with Crippen molar-refractivity contribution in [1.29, 1.82) is 0 Å². The average molecular weight is 377 g/mol. The van der Waals surface area contributed by atoms with Crippen molar-refractivity contribution in [3.05, 3.63) is 58.6 Å². The van der Waals surface area contributed by atoms with Crippen molar-refractivity contribution >= 4 is 34.9 Å².